The molecular formula is C8H13N5. The predicted octanol–water partition coefficient (Wildman–Crippen LogP) is 0.681. The second-order valence-corrected chi connectivity index (χ2v) is 3.17. The molecule has 5 heteroatoms. The number of anilines is 2. The third-order valence-corrected chi connectivity index (χ3v) is 2.09. The molecule has 1 heterocycles. The van der Waals surface area contributed by atoms with Crippen LogP contribution in [0.1, 0.15) is 24.6 Å². The van der Waals surface area contributed by atoms with E-state index in [1.54, 1.807) is 6.07 Å². The molecule has 1 aliphatic rings. The molecule has 0 bridgehead atoms. The summed E-state index contributed by atoms with van der Waals surface area (Å²) >= 11 is 0. The molecule has 70 valence electrons. The first-order valence-electron chi connectivity index (χ1n) is 4.37. The monoisotopic (exact) mass is 179 g/mol. The van der Waals surface area contributed by atoms with Gasteiger partial charge in [-0.15, -0.1) is 0 Å². The molecule has 1 aromatic heterocycles. The largest absolute Gasteiger partial charge is 0.373 e. The minimum absolute atomic E-state index is 0.542. The Morgan fingerprint density at radius 2 is 2.08 bits per heavy atom. The molecule has 0 radical (unpaired) electrons. The minimum atomic E-state index is 0.542. The fraction of sp³-hybridized carbons (Fsp3) is 0.500. The molecular weight excluding hydrogens is 166 g/mol. The number of hydrazine groups is 1. The molecule has 1 aliphatic carbocycles. The van der Waals surface area contributed by atoms with Crippen LogP contribution in [0.5, 0.6) is 0 Å². The maximum atomic E-state index is 5.29. The summed E-state index contributed by atoms with van der Waals surface area (Å²) in [6.45, 7) is 0. The molecule has 0 aliphatic heterocycles. The van der Waals surface area contributed by atoms with E-state index < -0.39 is 0 Å². The molecule has 1 aromatic rings. The normalized spacial score (nSPS) is 15.5. The molecule has 13 heavy (non-hydrogen) atoms. The first kappa shape index (κ1) is 8.25. The lowest BCUT2D eigenvalue weighted by Crippen LogP contribution is -2.11. The third kappa shape index (κ3) is 1.70. The van der Waals surface area contributed by atoms with E-state index in [1.165, 1.54) is 12.8 Å². The minimum Gasteiger partial charge on any atom is -0.373 e. The Morgan fingerprint density at radius 1 is 1.38 bits per heavy atom. The number of nitrogens with one attached hydrogen (secondary N) is 2. The van der Waals surface area contributed by atoms with Gasteiger partial charge < -0.3 is 10.7 Å². The SMILES string of the molecule is CNc1cc(NN)nc(C2CC2)n1. The molecule has 0 atom stereocenters. The highest BCUT2D eigenvalue weighted by Crippen LogP contribution is 2.38. The Hall–Kier alpha value is -1.36. The van der Waals surface area contributed by atoms with Crippen molar-refractivity contribution < 1.29 is 0 Å². The smallest absolute Gasteiger partial charge is 0.145 e. The van der Waals surface area contributed by atoms with Crippen molar-refractivity contribution in [2.45, 2.75) is 18.8 Å². The maximum Gasteiger partial charge on any atom is 0.145 e. The van der Waals surface area contributed by atoms with E-state index in [4.69, 9.17) is 5.84 Å². The summed E-state index contributed by atoms with van der Waals surface area (Å²) in [7, 11) is 1.83. The highest BCUT2D eigenvalue weighted by molar-refractivity contribution is 5.47. The molecule has 0 amide bonds. The average Bonchev–Trinajstić information content (AvgIpc) is 3.00. The number of nitrogens with two attached hydrogens (primary N) is 1. The summed E-state index contributed by atoms with van der Waals surface area (Å²) < 4.78 is 0. The highest BCUT2D eigenvalue weighted by atomic mass is 15.3. The van der Waals surface area contributed by atoms with Crippen LogP contribution >= 0.6 is 0 Å². The van der Waals surface area contributed by atoms with E-state index in [2.05, 4.69) is 20.7 Å². The lowest BCUT2D eigenvalue weighted by atomic mass is 10.4. The lowest BCUT2D eigenvalue weighted by Gasteiger charge is -2.05. The molecule has 5 nitrogen and oxygen atoms in total. The van der Waals surface area contributed by atoms with Gasteiger partial charge in [-0.25, -0.2) is 15.8 Å². The fourth-order valence-electron chi connectivity index (χ4n) is 1.19. The second kappa shape index (κ2) is 3.18. The molecule has 2 rings (SSSR count). The van der Waals surface area contributed by atoms with Crippen molar-refractivity contribution in [2.75, 3.05) is 17.8 Å². The van der Waals surface area contributed by atoms with Crippen LogP contribution in [-0.4, -0.2) is 17.0 Å². The van der Waals surface area contributed by atoms with Gasteiger partial charge in [-0.2, -0.15) is 0 Å². The third-order valence-electron chi connectivity index (χ3n) is 2.09. The number of nitrogen functional groups attached to an aromatic ring is 1. The van der Waals surface area contributed by atoms with E-state index >= 15 is 0 Å². The van der Waals surface area contributed by atoms with Gasteiger partial charge in [0.1, 0.15) is 17.5 Å². The Kier molecular flexibility index (Phi) is 2.02. The van der Waals surface area contributed by atoms with Crippen LogP contribution in [0.15, 0.2) is 6.07 Å². The van der Waals surface area contributed by atoms with Gasteiger partial charge in [-0.05, 0) is 12.8 Å². The van der Waals surface area contributed by atoms with Crippen molar-refractivity contribution in [3.8, 4) is 0 Å². The molecule has 0 saturated heterocycles. The van der Waals surface area contributed by atoms with Crippen molar-refractivity contribution in [3.63, 3.8) is 0 Å². The van der Waals surface area contributed by atoms with Gasteiger partial charge in [0, 0.05) is 19.0 Å². The summed E-state index contributed by atoms with van der Waals surface area (Å²) in [6, 6.07) is 1.78. The van der Waals surface area contributed by atoms with E-state index in [0.717, 1.165) is 11.6 Å². The zero-order chi connectivity index (χ0) is 9.26. The highest BCUT2D eigenvalue weighted by Gasteiger charge is 2.27. The summed E-state index contributed by atoms with van der Waals surface area (Å²) in [5.74, 6) is 8.20. The summed E-state index contributed by atoms with van der Waals surface area (Å²) in [5, 5.41) is 2.98. The number of rotatable bonds is 3. The molecule has 0 unspecified atom stereocenters. The van der Waals surface area contributed by atoms with Crippen LogP contribution < -0.4 is 16.6 Å². The number of nitrogens with zero attached hydrogens (tertiary/aromatic N) is 2. The summed E-state index contributed by atoms with van der Waals surface area (Å²) in [6.07, 6.45) is 2.38. The van der Waals surface area contributed by atoms with Gasteiger partial charge >= 0.3 is 0 Å². The predicted molar refractivity (Wildman–Crippen MR) is 51.4 cm³/mol. The van der Waals surface area contributed by atoms with Crippen LogP contribution in [0.3, 0.4) is 0 Å². The summed E-state index contributed by atoms with van der Waals surface area (Å²) in [4.78, 5) is 8.62. The van der Waals surface area contributed by atoms with E-state index in [-0.39, 0.29) is 0 Å². The van der Waals surface area contributed by atoms with Crippen LogP contribution in [0, 0.1) is 0 Å². The summed E-state index contributed by atoms with van der Waals surface area (Å²) in [5.41, 5.74) is 2.53. The average molecular weight is 179 g/mol. The van der Waals surface area contributed by atoms with Crippen LogP contribution in [0.25, 0.3) is 0 Å². The van der Waals surface area contributed by atoms with Gasteiger partial charge in [0.25, 0.3) is 0 Å². The first-order valence-corrected chi connectivity index (χ1v) is 4.37. The number of hydrogen-bond donors (Lipinski definition) is 3. The Balaban J connectivity index is 2.33. The fourth-order valence-corrected chi connectivity index (χ4v) is 1.19. The Labute approximate surface area is 76.7 Å². The van der Waals surface area contributed by atoms with Gasteiger partial charge in [0.05, 0.1) is 0 Å². The van der Waals surface area contributed by atoms with E-state index in [0.29, 0.717) is 11.7 Å². The van der Waals surface area contributed by atoms with Crippen LogP contribution in [0.2, 0.25) is 0 Å². The zero-order valence-electron chi connectivity index (χ0n) is 7.54. The molecule has 1 fully saturated rings. The van der Waals surface area contributed by atoms with Gasteiger partial charge in [0.15, 0.2) is 0 Å². The van der Waals surface area contributed by atoms with Crippen molar-refractivity contribution in [3.05, 3.63) is 11.9 Å². The quantitative estimate of drug-likeness (QED) is 0.470. The van der Waals surface area contributed by atoms with E-state index in [9.17, 15) is 0 Å². The number of hydrogen-bond acceptors (Lipinski definition) is 5. The van der Waals surface area contributed by atoms with Gasteiger partial charge in [-0.3, -0.25) is 0 Å². The standard InChI is InChI=1S/C8H13N5/c1-10-6-4-7(13-9)12-8(11-6)5-2-3-5/h4-5H,2-3,9H2,1H3,(H2,10,11,12,13). The van der Waals surface area contributed by atoms with E-state index in [1.807, 2.05) is 7.05 Å². The van der Waals surface area contributed by atoms with Crippen LogP contribution in [0.4, 0.5) is 11.6 Å². The van der Waals surface area contributed by atoms with Crippen LogP contribution in [-0.2, 0) is 0 Å². The Bertz CT molecular complexity index is 285. The van der Waals surface area contributed by atoms with Gasteiger partial charge in [0.2, 0.25) is 0 Å². The van der Waals surface area contributed by atoms with Crippen molar-refractivity contribution in [1.29, 1.82) is 0 Å². The zero-order valence-corrected chi connectivity index (χ0v) is 7.54. The van der Waals surface area contributed by atoms with Crippen molar-refractivity contribution in [2.24, 2.45) is 5.84 Å². The maximum absolute atomic E-state index is 5.29. The molecule has 0 spiro atoms. The first-order chi connectivity index (χ1) is 6.33. The van der Waals surface area contributed by atoms with Crippen molar-refractivity contribution in [1.82, 2.24) is 9.97 Å². The van der Waals surface area contributed by atoms with Gasteiger partial charge in [-0.1, -0.05) is 0 Å². The second-order valence-electron chi connectivity index (χ2n) is 3.17. The number of aromatic nitrogens is 2. The molecule has 0 aromatic carbocycles. The molecule has 4 N–H and O–H groups in total. The molecule has 1 saturated carbocycles. The van der Waals surface area contributed by atoms with Crippen molar-refractivity contribution >= 4 is 11.6 Å². The topological polar surface area (TPSA) is 75.9 Å². The lowest BCUT2D eigenvalue weighted by molar-refractivity contribution is 0.927. The Morgan fingerprint density at radius 3 is 2.62 bits per heavy atom.